The monoisotopic (exact) mass is 436 g/mol. The van der Waals surface area contributed by atoms with E-state index in [9.17, 15) is 13.6 Å². The number of rotatable bonds is 6. The van der Waals surface area contributed by atoms with Gasteiger partial charge in [-0.05, 0) is 36.6 Å². The van der Waals surface area contributed by atoms with Crippen LogP contribution < -0.4 is 10.1 Å². The zero-order valence-electron chi connectivity index (χ0n) is 17.6. The summed E-state index contributed by atoms with van der Waals surface area (Å²) in [4.78, 5) is 15.6. The fourth-order valence-electron chi connectivity index (χ4n) is 4.00. The number of ether oxygens (including phenoxy) is 1. The molecule has 0 radical (unpaired) electrons. The van der Waals surface area contributed by atoms with Crippen LogP contribution >= 0.6 is 0 Å². The van der Waals surface area contributed by atoms with Crippen LogP contribution in [0.4, 0.5) is 14.5 Å². The molecule has 0 bridgehead atoms. The lowest BCUT2D eigenvalue weighted by molar-refractivity contribution is -0.122. The molecule has 0 atom stereocenters. The Hall–Kier alpha value is -3.73. The molecule has 8 heteroatoms. The van der Waals surface area contributed by atoms with E-state index in [0.717, 1.165) is 25.7 Å². The summed E-state index contributed by atoms with van der Waals surface area (Å²) in [5.74, 6) is -1.27. The lowest BCUT2D eigenvalue weighted by atomic mass is 10.0. The molecule has 0 spiro atoms. The summed E-state index contributed by atoms with van der Waals surface area (Å²) >= 11 is 0. The molecule has 0 unspecified atom stereocenters. The van der Waals surface area contributed by atoms with Crippen LogP contribution in [0, 0.1) is 18.2 Å². The summed E-state index contributed by atoms with van der Waals surface area (Å²) in [7, 11) is 1.38. The van der Waals surface area contributed by atoms with E-state index in [2.05, 4.69) is 15.3 Å². The SMILES string of the molecule is [C-]#[N+]c1ccc(-c2nn(CC(=O)NC3CCCC3)cc2-c2ccc(OC)c(F)c2)cc1F. The van der Waals surface area contributed by atoms with Crippen molar-refractivity contribution in [3.63, 3.8) is 0 Å². The Morgan fingerprint density at radius 1 is 1.19 bits per heavy atom. The molecule has 164 valence electrons. The van der Waals surface area contributed by atoms with Crippen molar-refractivity contribution in [3.05, 3.63) is 65.6 Å². The number of amides is 1. The number of hydrogen-bond donors (Lipinski definition) is 1. The Bertz CT molecular complexity index is 1190. The zero-order chi connectivity index (χ0) is 22.7. The maximum atomic E-state index is 14.4. The van der Waals surface area contributed by atoms with Crippen LogP contribution in [-0.2, 0) is 11.3 Å². The van der Waals surface area contributed by atoms with Gasteiger partial charge in [0, 0.05) is 23.4 Å². The number of hydrogen-bond acceptors (Lipinski definition) is 3. The predicted molar refractivity (Wildman–Crippen MR) is 116 cm³/mol. The number of carbonyl (C=O) groups excluding carboxylic acids is 1. The van der Waals surface area contributed by atoms with Crippen LogP contribution in [0.3, 0.4) is 0 Å². The highest BCUT2D eigenvalue weighted by molar-refractivity contribution is 5.82. The lowest BCUT2D eigenvalue weighted by Gasteiger charge is -2.11. The standard InChI is InChI=1S/C24H22F2N4O2/c1-27-21-9-7-16(12-19(21)25)24-18(15-8-10-22(32-2)20(26)11-15)13-30(29-24)14-23(31)28-17-5-3-4-6-17/h7-13,17H,3-6,14H2,2H3,(H,28,31). The third-order valence-electron chi connectivity index (χ3n) is 5.59. The Morgan fingerprint density at radius 3 is 2.56 bits per heavy atom. The van der Waals surface area contributed by atoms with E-state index in [1.165, 1.54) is 36.1 Å². The minimum atomic E-state index is -0.669. The molecule has 0 aliphatic heterocycles. The fraction of sp³-hybridized carbons (Fsp3) is 0.292. The molecule has 1 N–H and O–H groups in total. The maximum Gasteiger partial charge on any atom is 0.241 e. The van der Waals surface area contributed by atoms with Gasteiger partial charge in [0.15, 0.2) is 11.6 Å². The first-order valence-electron chi connectivity index (χ1n) is 10.4. The number of methoxy groups -OCH3 is 1. The van der Waals surface area contributed by atoms with Gasteiger partial charge in [-0.15, -0.1) is 0 Å². The largest absolute Gasteiger partial charge is 0.494 e. The van der Waals surface area contributed by atoms with Crippen molar-refractivity contribution in [2.45, 2.75) is 38.3 Å². The zero-order valence-corrected chi connectivity index (χ0v) is 17.6. The number of carbonyl (C=O) groups is 1. The molecule has 3 aromatic rings. The maximum absolute atomic E-state index is 14.4. The number of halogens is 2. The van der Waals surface area contributed by atoms with Crippen LogP contribution in [0.2, 0.25) is 0 Å². The minimum Gasteiger partial charge on any atom is -0.494 e. The Balaban J connectivity index is 1.71. The van der Waals surface area contributed by atoms with E-state index in [4.69, 9.17) is 11.3 Å². The third kappa shape index (κ3) is 4.47. The highest BCUT2D eigenvalue weighted by Gasteiger charge is 2.20. The number of nitrogens with zero attached hydrogens (tertiary/aromatic N) is 3. The summed E-state index contributed by atoms with van der Waals surface area (Å²) in [6.45, 7) is 7.03. The van der Waals surface area contributed by atoms with Crippen molar-refractivity contribution in [1.29, 1.82) is 0 Å². The van der Waals surface area contributed by atoms with Crippen LogP contribution in [0.5, 0.6) is 5.75 Å². The lowest BCUT2D eigenvalue weighted by Crippen LogP contribution is -2.35. The molecule has 6 nitrogen and oxygen atoms in total. The number of aromatic nitrogens is 2. The second-order valence-electron chi connectivity index (χ2n) is 7.77. The van der Waals surface area contributed by atoms with Gasteiger partial charge in [-0.3, -0.25) is 9.48 Å². The normalized spacial score (nSPS) is 13.7. The number of nitrogens with one attached hydrogen (secondary N) is 1. The van der Waals surface area contributed by atoms with Gasteiger partial charge in [0.25, 0.3) is 0 Å². The molecule has 1 heterocycles. The first-order chi connectivity index (χ1) is 15.5. The van der Waals surface area contributed by atoms with Gasteiger partial charge in [-0.1, -0.05) is 31.0 Å². The second-order valence-corrected chi connectivity index (χ2v) is 7.77. The molecule has 0 saturated heterocycles. The molecule has 1 saturated carbocycles. The molecule has 4 rings (SSSR count). The van der Waals surface area contributed by atoms with E-state index in [1.807, 2.05) is 0 Å². The van der Waals surface area contributed by atoms with E-state index in [0.29, 0.717) is 22.4 Å². The Kier molecular flexibility index (Phi) is 6.17. The quantitative estimate of drug-likeness (QED) is 0.546. The highest BCUT2D eigenvalue weighted by Crippen LogP contribution is 2.35. The fourth-order valence-corrected chi connectivity index (χ4v) is 4.00. The molecule has 1 aliphatic carbocycles. The van der Waals surface area contributed by atoms with Gasteiger partial charge >= 0.3 is 0 Å². The van der Waals surface area contributed by atoms with Gasteiger partial charge in [0.05, 0.1) is 13.7 Å². The molecular formula is C24H22F2N4O2. The van der Waals surface area contributed by atoms with Crippen molar-refractivity contribution in [2.24, 2.45) is 0 Å². The Labute approximate surface area is 184 Å². The highest BCUT2D eigenvalue weighted by atomic mass is 19.1. The molecule has 1 aromatic heterocycles. The average Bonchev–Trinajstić information content (AvgIpc) is 3.43. The van der Waals surface area contributed by atoms with Crippen molar-refractivity contribution in [3.8, 4) is 28.1 Å². The molecule has 2 aromatic carbocycles. The summed E-state index contributed by atoms with van der Waals surface area (Å²) in [5.41, 5.74) is 1.77. The van der Waals surface area contributed by atoms with Gasteiger partial charge in [0.1, 0.15) is 18.1 Å². The van der Waals surface area contributed by atoms with Crippen molar-refractivity contribution >= 4 is 11.6 Å². The summed E-state index contributed by atoms with van der Waals surface area (Å²) in [6.07, 6.45) is 5.80. The minimum absolute atomic E-state index is 0.00917. The molecule has 1 fully saturated rings. The average molecular weight is 436 g/mol. The van der Waals surface area contributed by atoms with Crippen LogP contribution in [0.25, 0.3) is 27.2 Å². The van der Waals surface area contributed by atoms with Gasteiger partial charge in [0.2, 0.25) is 11.6 Å². The van der Waals surface area contributed by atoms with Crippen molar-refractivity contribution < 1.29 is 18.3 Å². The van der Waals surface area contributed by atoms with Crippen LogP contribution in [0.15, 0.2) is 42.6 Å². The summed E-state index contributed by atoms with van der Waals surface area (Å²) in [5, 5.41) is 7.51. The summed E-state index contributed by atoms with van der Waals surface area (Å²) < 4.78 is 35.1. The number of benzene rings is 2. The van der Waals surface area contributed by atoms with Gasteiger partial charge in [-0.25, -0.2) is 13.6 Å². The van der Waals surface area contributed by atoms with Gasteiger partial charge < -0.3 is 10.1 Å². The Morgan fingerprint density at radius 2 is 1.91 bits per heavy atom. The molecule has 1 aliphatic rings. The molecule has 1 amide bonds. The van der Waals surface area contributed by atoms with E-state index < -0.39 is 11.6 Å². The molecular weight excluding hydrogens is 414 g/mol. The van der Waals surface area contributed by atoms with Crippen LogP contribution in [0.1, 0.15) is 25.7 Å². The first-order valence-corrected chi connectivity index (χ1v) is 10.4. The van der Waals surface area contributed by atoms with Crippen molar-refractivity contribution in [1.82, 2.24) is 15.1 Å². The molecule has 32 heavy (non-hydrogen) atoms. The predicted octanol–water partition coefficient (Wildman–Crippen LogP) is 5.11. The van der Waals surface area contributed by atoms with E-state index in [-0.39, 0.29) is 29.9 Å². The topological polar surface area (TPSA) is 60.5 Å². The smallest absolute Gasteiger partial charge is 0.241 e. The van der Waals surface area contributed by atoms with E-state index >= 15 is 0 Å². The second kappa shape index (κ2) is 9.18. The third-order valence-corrected chi connectivity index (χ3v) is 5.59. The van der Waals surface area contributed by atoms with Crippen LogP contribution in [-0.4, -0.2) is 28.8 Å². The summed E-state index contributed by atoms with van der Waals surface area (Å²) in [6, 6.07) is 8.86. The van der Waals surface area contributed by atoms with E-state index in [1.54, 1.807) is 18.3 Å². The van der Waals surface area contributed by atoms with Gasteiger partial charge in [-0.2, -0.15) is 5.10 Å². The van der Waals surface area contributed by atoms with Crippen molar-refractivity contribution in [2.75, 3.05) is 7.11 Å². The first kappa shape index (κ1) is 21.5.